The van der Waals surface area contributed by atoms with Crippen LogP contribution < -0.4 is 10.5 Å². The number of nitrogens with two attached hydrogens (primary N) is 1. The average Bonchev–Trinajstić information content (AvgIpc) is 2.72. The Balaban J connectivity index is 2.58. The zero-order valence-electron chi connectivity index (χ0n) is 11.2. The Morgan fingerprint density at radius 3 is 2.67 bits per heavy atom. The molecule has 1 heterocycles. The van der Waals surface area contributed by atoms with E-state index in [4.69, 9.17) is 15.0 Å². The number of ether oxygens (including phenoxy) is 1. The van der Waals surface area contributed by atoms with Crippen molar-refractivity contribution in [3.05, 3.63) is 29.5 Å². The standard InChI is InChI=1S/C14H18N2O2/c1-8(2)13-12(14(15)18-16-13)10-6-5-9(3)11(7-10)17-4/h5-8H,15H2,1-4H3. The first kappa shape index (κ1) is 12.5. The molecule has 0 fully saturated rings. The van der Waals surface area contributed by atoms with Crippen molar-refractivity contribution in [3.63, 3.8) is 0 Å². The van der Waals surface area contributed by atoms with Crippen LogP contribution >= 0.6 is 0 Å². The predicted octanol–water partition coefficient (Wildman–Crippen LogP) is 3.36. The average molecular weight is 246 g/mol. The van der Waals surface area contributed by atoms with Crippen LogP contribution in [0.2, 0.25) is 0 Å². The molecule has 4 nitrogen and oxygen atoms in total. The van der Waals surface area contributed by atoms with E-state index >= 15 is 0 Å². The maximum Gasteiger partial charge on any atom is 0.230 e. The fourth-order valence-electron chi connectivity index (χ4n) is 1.98. The SMILES string of the molecule is COc1cc(-c2c(C(C)C)noc2N)ccc1C. The lowest BCUT2D eigenvalue weighted by Crippen LogP contribution is -1.94. The molecule has 0 saturated carbocycles. The van der Waals surface area contributed by atoms with Crippen molar-refractivity contribution in [2.75, 3.05) is 12.8 Å². The summed E-state index contributed by atoms with van der Waals surface area (Å²) in [6.07, 6.45) is 0. The number of hydrogen-bond donors (Lipinski definition) is 1. The first-order valence-corrected chi connectivity index (χ1v) is 5.94. The van der Waals surface area contributed by atoms with Gasteiger partial charge in [-0.3, -0.25) is 0 Å². The van der Waals surface area contributed by atoms with E-state index in [1.165, 1.54) is 0 Å². The summed E-state index contributed by atoms with van der Waals surface area (Å²) in [5, 5.41) is 4.03. The largest absolute Gasteiger partial charge is 0.496 e. The van der Waals surface area contributed by atoms with Gasteiger partial charge >= 0.3 is 0 Å². The number of aryl methyl sites for hydroxylation is 1. The molecule has 0 radical (unpaired) electrons. The normalized spacial score (nSPS) is 10.9. The molecular formula is C14H18N2O2. The van der Waals surface area contributed by atoms with E-state index in [0.29, 0.717) is 5.88 Å². The summed E-state index contributed by atoms with van der Waals surface area (Å²) in [5.41, 5.74) is 9.67. The quantitative estimate of drug-likeness (QED) is 0.902. The Labute approximate surface area is 107 Å². The van der Waals surface area contributed by atoms with Crippen LogP contribution in [-0.4, -0.2) is 12.3 Å². The maximum absolute atomic E-state index is 5.87. The second-order valence-corrected chi connectivity index (χ2v) is 4.65. The molecule has 0 amide bonds. The molecule has 0 aliphatic carbocycles. The van der Waals surface area contributed by atoms with Crippen LogP contribution in [0.25, 0.3) is 11.1 Å². The third-order valence-corrected chi connectivity index (χ3v) is 2.99. The molecule has 0 unspecified atom stereocenters. The number of benzene rings is 1. The highest BCUT2D eigenvalue weighted by Crippen LogP contribution is 2.36. The minimum Gasteiger partial charge on any atom is -0.496 e. The van der Waals surface area contributed by atoms with Crippen LogP contribution in [0.15, 0.2) is 22.7 Å². The monoisotopic (exact) mass is 246 g/mol. The number of anilines is 1. The molecule has 1 aromatic heterocycles. The van der Waals surface area contributed by atoms with Crippen LogP contribution in [-0.2, 0) is 0 Å². The zero-order chi connectivity index (χ0) is 13.3. The van der Waals surface area contributed by atoms with Gasteiger partial charge in [0.2, 0.25) is 5.88 Å². The van der Waals surface area contributed by atoms with Crippen molar-refractivity contribution >= 4 is 5.88 Å². The van der Waals surface area contributed by atoms with E-state index in [9.17, 15) is 0 Å². The molecule has 0 spiro atoms. The predicted molar refractivity (Wildman–Crippen MR) is 71.7 cm³/mol. The molecule has 0 atom stereocenters. The van der Waals surface area contributed by atoms with Gasteiger partial charge in [-0.25, -0.2) is 0 Å². The summed E-state index contributed by atoms with van der Waals surface area (Å²) in [6.45, 7) is 6.13. The van der Waals surface area contributed by atoms with Gasteiger partial charge in [-0.05, 0) is 30.0 Å². The van der Waals surface area contributed by atoms with Gasteiger partial charge in [0.1, 0.15) is 5.75 Å². The number of hydrogen-bond acceptors (Lipinski definition) is 4. The number of aromatic nitrogens is 1. The van der Waals surface area contributed by atoms with Crippen LogP contribution in [0.1, 0.15) is 31.0 Å². The smallest absolute Gasteiger partial charge is 0.230 e. The van der Waals surface area contributed by atoms with Gasteiger partial charge in [-0.2, -0.15) is 0 Å². The molecule has 2 aromatic rings. The van der Waals surface area contributed by atoms with E-state index < -0.39 is 0 Å². The van der Waals surface area contributed by atoms with Gasteiger partial charge in [-0.1, -0.05) is 31.1 Å². The molecule has 0 aliphatic rings. The molecule has 0 saturated heterocycles. The van der Waals surface area contributed by atoms with Crippen molar-refractivity contribution < 1.29 is 9.26 Å². The lowest BCUT2D eigenvalue weighted by Gasteiger charge is -2.09. The minimum absolute atomic E-state index is 0.258. The number of methoxy groups -OCH3 is 1. The van der Waals surface area contributed by atoms with Gasteiger partial charge in [0.25, 0.3) is 0 Å². The van der Waals surface area contributed by atoms with Crippen molar-refractivity contribution in [1.29, 1.82) is 0 Å². The molecule has 0 bridgehead atoms. The minimum atomic E-state index is 0.258. The van der Waals surface area contributed by atoms with Crippen LogP contribution in [0.3, 0.4) is 0 Å². The van der Waals surface area contributed by atoms with Gasteiger partial charge in [0.05, 0.1) is 18.4 Å². The van der Waals surface area contributed by atoms with E-state index in [2.05, 4.69) is 19.0 Å². The highest BCUT2D eigenvalue weighted by molar-refractivity contribution is 5.76. The molecule has 0 aliphatic heterocycles. The topological polar surface area (TPSA) is 61.3 Å². The van der Waals surface area contributed by atoms with Gasteiger partial charge in [-0.15, -0.1) is 0 Å². The fraction of sp³-hybridized carbons (Fsp3) is 0.357. The Kier molecular flexibility index (Phi) is 3.28. The zero-order valence-corrected chi connectivity index (χ0v) is 11.2. The van der Waals surface area contributed by atoms with Crippen molar-refractivity contribution in [2.24, 2.45) is 0 Å². The Bertz CT molecular complexity index is 559. The Morgan fingerprint density at radius 2 is 2.06 bits per heavy atom. The molecule has 2 N–H and O–H groups in total. The van der Waals surface area contributed by atoms with Crippen molar-refractivity contribution in [1.82, 2.24) is 5.16 Å². The van der Waals surface area contributed by atoms with Crippen LogP contribution in [0.4, 0.5) is 5.88 Å². The Hall–Kier alpha value is -1.97. The first-order chi connectivity index (χ1) is 8.54. The molecule has 2 rings (SSSR count). The van der Waals surface area contributed by atoms with E-state index in [0.717, 1.165) is 28.1 Å². The van der Waals surface area contributed by atoms with Crippen molar-refractivity contribution in [3.8, 4) is 16.9 Å². The second kappa shape index (κ2) is 4.72. The van der Waals surface area contributed by atoms with E-state index in [1.54, 1.807) is 7.11 Å². The summed E-state index contributed by atoms with van der Waals surface area (Å²) in [7, 11) is 1.66. The number of nitrogen functional groups attached to an aromatic ring is 1. The maximum atomic E-state index is 5.87. The summed E-state index contributed by atoms with van der Waals surface area (Å²) in [4.78, 5) is 0. The third kappa shape index (κ3) is 2.06. The lowest BCUT2D eigenvalue weighted by atomic mass is 9.98. The molecule has 1 aromatic carbocycles. The van der Waals surface area contributed by atoms with Crippen molar-refractivity contribution in [2.45, 2.75) is 26.7 Å². The van der Waals surface area contributed by atoms with Gasteiger partial charge in [0.15, 0.2) is 0 Å². The molecule has 4 heteroatoms. The summed E-state index contributed by atoms with van der Waals surface area (Å²) in [5.74, 6) is 1.45. The van der Waals surface area contributed by atoms with Crippen LogP contribution in [0, 0.1) is 6.92 Å². The van der Waals surface area contributed by atoms with Gasteiger partial charge < -0.3 is 15.0 Å². The number of rotatable bonds is 3. The highest BCUT2D eigenvalue weighted by Gasteiger charge is 2.18. The van der Waals surface area contributed by atoms with Crippen LogP contribution in [0.5, 0.6) is 5.75 Å². The number of nitrogens with zero attached hydrogens (tertiary/aromatic N) is 1. The summed E-state index contributed by atoms with van der Waals surface area (Å²) < 4.78 is 10.4. The molecular weight excluding hydrogens is 228 g/mol. The highest BCUT2D eigenvalue weighted by atomic mass is 16.5. The third-order valence-electron chi connectivity index (χ3n) is 2.99. The summed E-state index contributed by atoms with van der Waals surface area (Å²) >= 11 is 0. The first-order valence-electron chi connectivity index (χ1n) is 5.94. The second-order valence-electron chi connectivity index (χ2n) is 4.65. The fourth-order valence-corrected chi connectivity index (χ4v) is 1.98. The summed E-state index contributed by atoms with van der Waals surface area (Å²) in [6, 6.07) is 5.97. The van der Waals surface area contributed by atoms with E-state index in [-0.39, 0.29) is 5.92 Å². The van der Waals surface area contributed by atoms with E-state index in [1.807, 2.05) is 25.1 Å². The molecule has 18 heavy (non-hydrogen) atoms. The lowest BCUT2D eigenvalue weighted by molar-refractivity contribution is 0.412. The Morgan fingerprint density at radius 1 is 1.33 bits per heavy atom. The molecule has 96 valence electrons. The van der Waals surface area contributed by atoms with Gasteiger partial charge in [0, 0.05) is 0 Å².